The molecule has 7 rings (SSSR count). The van der Waals surface area contributed by atoms with Crippen LogP contribution in [-0.2, 0) is 31.2 Å². The Balaban J connectivity index is 1.20. The number of hydrogen-bond donors (Lipinski definition) is 0. The van der Waals surface area contributed by atoms with Gasteiger partial charge in [-0.25, -0.2) is 4.98 Å². The predicted molar refractivity (Wildman–Crippen MR) is 152 cm³/mol. The van der Waals surface area contributed by atoms with Gasteiger partial charge >= 0.3 is 0 Å². The molecule has 0 amide bonds. The van der Waals surface area contributed by atoms with Gasteiger partial charge in [-0.2, -0.15) is 0 Å². The summed E-state index contributed by atoms with van der Waals surface area (Å²) in [5.74, 6) is 3.68. The molecule has 4 atom stereocenters. The van der Waals surface area contributed by atoms with Crippen molar-refractivity contribution in [3.8, 4) is 11.5 Å². The molecule has 0 bridgehead atoms. The molecule has 0 unspecified atom stereocenters. The third-order valence-electron chi connectivity index (χ3n) is 9.85. The monoisotopic (exact) mass is 526 g/mol. The lowest BCUT2D eigenvalue weighted by atomic mass is 9.55. The number of rotatable bonds is 5. The van der Waals surface area contributed by atoms with Gasteiger partial charge in [-0.05, 0) is 108 Å². The fraction of sp³-hybridized carbons (Fsp3) is 0.438. The van der Waals surface area contributed by atoms with Crippen LogP contribution in [0.3, 0.4) is 0 Å². The Morgan fingerprint density at radius 2 is 1.87 bits per heavy atom. The number of ether oxygens (including phenoxy) is 2. The maximum atomic E-state index is 13.9. The zero-order chi connectivity index (χ0) is 26.0. The molecule has 2 heterocycles. The van der Waals surface area contributed by atoms with Crippen LogP contribution < -0.4 is 15.0 Å². The molecule has 0 saturated heterocycles. The first-order valence-electron chi connectivity index (χ1n) is 13.8. The number of benzene rings is 2. The van der Waals surface area contributed by atoms with E-state index in [0.717, 1.165) is 47.4 Å². The molecule has 196 valence electrons. The van der Waals surface area contributed by atoms with E-state index in [-0.39, 0.29) is 11.0 Å². The minimum atomic E-state index is 0.0503. The largest absolute Gasteiger partial charge is 0.497 e. The number of aryl methyl sites for hydroxylation is 3. The summed E-state index contributed by atoms with van der Waals surface area (Å²) in [4.78, 5) is 21.0. The lowest BCUT2D eigenvalue weighted by molar-refractivity contribution is 0.106. The number of hydrogen-bond acceptors (Lipinski definition) is 5. The zero-order valence-corrected chi connectivity index (χ0v) is 23.1. The molecule has 0 N–H and O–H groups in total. The van der Waals surface area contributed by atoms with Crippen molar-refractivity contribution in [3.05, 3.63) is 86.3 Å². The lowest BCUT2D eigenvalue weighted by Crippen LogP contribution is -2.43. The summed E-state index contributed by atoms with van der Waals surface area (Å²) in [6.45, 7) is 3.08. The molecule has 2 aromatic carbocycles. The van der Waals surface area contributed by atoms with Gasteiger partial charge in [0.25, 0.3) is 5.56 Å². The lowest BCUT2D eigenvalue weighted by Gasteiger charge is -2.49. The molecule has 38 heavy (non-hydrogen) atoms. The zero-order valence-electron chi connectivity index (χ0n) is 22.3. The molecule has 5 nitrogen and oxygen atoms in total. The van der Waals surface area contributed by atoms with Gasteiger partial charge < -0.3 is 9.47 Å². The second-order valence-electron chi connectivity index (χ2n) is 11.6. The summed E-state index contributed by atoms with van der Waals surface area (Å²) < 4.78 is 12.6. The summed E-state index contributed by atoms with van der Waals surface area (Å²) in [5, 5.41) is 0.895. The van der Waals surface area contributed by atoms with E-state index in [9.17, 15) is 4.79 Å². The van der Waals surface area contributed by atoms with Crippen molar-refractivity contribution in [2.75, 3.05) is 14.2 Å². The Morgan fingerprint density at radius 1 is 1.08 bits per heavy atom. The van der Waals surface area contributed by atoms with Crippen LogP contribution in [0.1, 0.15) is 59.2 Å². The van der Waals surface area contributed by atoms with E-state index in [4.69, 9.17) is 14.5 Å². The van der Waals surface area contributed by atoms with Crippen LogP contribution in [0.2, 0.25) is 0 Å². The fourth-order valence-electron chi connectivity index (χ4n) is 7.91. The van der Waals surface area contributed by atoms with E-state index in [2.05, 4.69) is 37.3 Å². The van der Waals surface area contributed by atoms with Gasteiger partial charge in [0.15, 0.2) is 0 Å². The van der Waals surface area contributed by atoms with Gasteiger partial charge in [0.05, 0.1) is 25.9 Å². The minimum absolute atomic E-state index is 0.0503. The summed E-state index contributed by atoms with van der Waals surface area (Å²) >= 11 is 1.77. The van der Waals surface area contributed by atoms with Crippen LogP contribution in [-0.4, -0.2) is 23.8 Å². The van der Waals surface area contributed by atoms with Crippen molar-refractivity contribution >= 4 is 21.6 Å². The first kappa shape index (κ1) is 24.0. The van der Waals surface area contributed by atoms with Crippen LogP contribution in [0, 0.1) is 11.8 Å². The Kier molecular flexibility index (Phi) is 5.66. The van der Waals surface area contributed by atoms with Crippen LogP contribution in [0.5, 0.6) is 11.5 Å². The number of thiophene rings is 1. The summed E-state index contributed by atoms with van der Waals surface area (Å²) in [7, 11) is 3.43. The van der Waals surface area contributed by atoms with Crippen molar-refractivity contribution < 1.29 is 9.47 Å². The Bertz CT molecular complexity index is 1590. The summed E-state index contributed by atoms with van der Waals surface area (Å²) in [5.41, 5.74) is 5.70. The number of aromatic nitrogens is 2. The topological polar surface area (TPSA) is 53.4 Å². The first-order valence-corrected chi connectivity index (χ1v) is 14.6. The van der Waals surface area contributed by atoms with E-state index >= 15 is 0 Å². The van der Waals surface area contributed by atoms with Crippen molar-refractivity contribution in [1.82, 2.24) is 9.55 Å². The molecule has 6 heteroatoms. The third kappa shape index (κ3) is 3.56. The Hall–Kier alpha value is -3.12. The number of methoxy groups -OCH3 is 2. The van der Waals surface area contributed by atoms with Gasteiger partial charge in [0, 0.05) is 11.4 Å². The smallest absolute Gasteiger partial charge is 0.262 e. The number of fused-ring (bicyclic) bond motifs is 9. The second kappa shape index (κ2) is 8.98. The molecule has 1 fully saturated rings. The van der Waals surface area contributed by atoms with Crippen molar-refractivity contribution in [1.29, 1.82) is 0 Å². The van der Waals surface area contributed by atoms with Gasteiger partial charge in [-0.15, -0.1) is 11.3 Å². The number of nitrogens with zero attached hydrogens (tertiary/aromatic N) is 2. The normalized spacial score (nSPS) is 25.4. The maximum absolute atomic E-state index is 13.9. The molecular weight excluding hydrogens is 492 g/mol. The van der Waals surface area contributed by atoms with E-state index < -0.39 is 0 Å². The molecule has 0 aliphatic heterocycles. The molecule has 0 spiro atoms. The quantitative estimate of drug-likeness (QED) is 0.307. The molecular formula is C32H34N2O3S. The standard InChI is InChI=1S/C32H34N2O3S/c1-32-14-12-24-23-11-9-22(37-3)16-20(23)6-10-25(24)26(32)17-27-29(32)28-30(38-27)33-18-34(31(28)35)15-13-19-4-7-21(36-2)8-5-19/h4-5,7-9,11,16,18,24-26H,6,10,12-15,17H2,1-3H3/t24-,25+,26-,32-/m1/s1. The Labute approximate surface area is 227 Å². The van der Waals surface area contributed by atoms with Gasteiger partial charge in [0.2, 0.25) is 0 Å². The highest BCUT2D eigenvalue weighted by Crippen LogP contribution is 2.62. The van der Waals surface area contributed by atoms with E-state index in [1.54, 1.807) is 31.9 Å². The Morgan fingerprint density at radius 3 is 2.66 bits per heavy atom. The van der Waals surface area contributed by atoms with Crippen LogP contribution >= 0.6 is 11.3 Å². The second-order valence-corrected chi connectivity index (χ2v) is 12.6. The minimum Gasteiger partial charge on any atom is -0.497 e. The third-order valence-corrected chi connectivity index (χ3v) is 11.0. The van der Waals surface area contributed by atoms with Crippen LogP contribution in [0.25, 0.3) is 10.2 Å². The van der Waals surface area contributed by atoms with Gasteiger partial charge in [-0.3, -0.25) is 9.36 Å². The average Bonchev–Trinajstić information content (AvgIpc) is 3.47. The SMILES string of the molecule is COc1ccc(CCn2cnc3sc4c(c3c2=O)[C@]2(C)CC[C@@H]3c5ccc(OC)cc5CC[C@@H]3[C@H]2C4)cc1. The molecule has 3 aliphatic rings. The van der Waals surface area contributed by atoms with Crippen LogP contribution in [0.15, 0.2) is 53.6 Å². The molecule has 0 radical (unpaired) electrons. The van der Waals surface area contributed by atoms with E-state index in [0.29, 0.717) is 24.3 Å². The first-order chi connectivity index (χ1) is 18.5. The predicted octanol–water partition coefficient (Wildman–Crippen LogP) is 6.29. The van der Waals surface area contributed by atoms with E-state index in [1.807, 2.05) is 16.7 Å². The average molecular weight is 527 g/mol. The summed E-state index contributed by atoms with van der Waals surface area (Å²) in [6, 6.07) is 14.8. The highest BCUT2D eigenvalue weighted by molar-refractivity contribution is 7.18. The summed E-state index contributed by atoms with van der Waals surface area (Å²) in [6.07, 6.45) is 8.28. The van der Waals surface area contributed by atoms with Gasteiger partial charge in [0.1, 0.15) is 16.3 Å². The molecule has 3 aliphatic carbocycles. The van der Waals surface area contributed by atoms with Crippen molar-refractivity contribution in [3.63, 3.8) is 0 Å². The maximum Gasteiger partial charge on any atom is 0.262 e. The van der Waals surface area contributed by atoms with Crippen molar-refractivity contribution in [2.45, 2.75) is 63.3 Å². The molecule has 4 aromatic rings. The highest BCUT2D eigenvalue weighted by atomic mass is 32.1. The molecule has 2 aromatic heterocycles. The van der Waals surface area contributed by atoms with Crippen molar-refractivity contribution in [2.24, 2.45) is 11.8 Å². The fourth-order valence-corrected chi connectivity index (χ4v) is 9.24. The highest BCUT2D eigenvalue weighted by Gasteiger charge is 2.54. The van der Waals surface area contributed by atoms with Crippen LogP contribution in [0.4, 0.5) is 0 Å². The van der Waals surface area contributed by atoms with Gasteiger partial charge in [-0.1, -0.05) is 25.1 Å². The molecule has 1 saturated carbocycles. The van der Waals surface area contributed by atoms with E-state index in [1.165, 1.54) is 40.0 Å².